The lowest BCUT2D eigenvalue weighted by molar-refractivity contribution is -0.142. The fraction of sp³-hybridized carbons (Fsp3) is 0.559. The minimum Gasteiger partial charge on any atom is -0.444 e. The van der Waals surface area contributed by atoms with E-state index in [0.717, 1.165) is 48.8 Å². The number of rotatable bonds is 14. The molecule has 0 aliphatic rings. The zero-order chi connectivity index (χ0) is 30.6. The summed E-state index contributed by atoms with van der Waals surface area (Å²) >= 11 is 0. The molecule has 3 unspecified atom stereocenters. The Morgan fingerprint density at radius 2 is 1.61 bits per heavy atom. The molecule has 2 rings (SSSR count). The number of carbonyl (C=O) groups is 3. The van der Waals surface area contributed by atoms with Crippen LogP contribution in [0.15, 0.2) is 48.5 Å². The van der Waals surface area contributed by atoms with Crippen LogP contribution in [0.5, 0.6) is 0 Å². The smallest absolute Gasteiger partial charge is 0.408 e. The molecule has 0 heterocycles. The first kappa shape index (κ1) is 33.9. The molecule has 2 aromatic rings. The van der Waals surface area contributed by atoms with Crippen molar-refractivity contribution in [1.29, 1.82) is 0 Å². The van der Waals surface area contributed by atoms with Gasteiger partial charge >= 0.3 is 6.09 Å². The second-order valence-electron chi connectivity index (χ2n) is 12.1. The van der Waals surface area contributed by atoms with Crippen molar-refractivity contribution in [3.8, 4) is 0 Å². The predicted molar refractivity (Wildman–Crippen MR) is 167 cm³/mol. The number of alkyl carbamates (subject to hydrolysis) is 1. The maximum Gasteiger partial charge on any atom is 0.408 e. The van der Waals surface area contributed by atoms with Gasteiger partial charge in [-0.3, -0.25) is 9.59 Å². The topological polar surface area (TPSA) is 87.7 Å². The fourth-order valence-corrected chi connectivity index (χ4v) is 4.78. The molecule has 41 heavy (non-hydrogen) atoms. The average Bonchev–Trinajstić information content (AvgIpc) is 2.90. The molecule has 7 nitrogen and oxygen atoms in total. The van der Waals surface area contributed by atoms with Crippen LogP contribution in [0.2, 0.25) is 0 Å². The third-order valence-electron chi connectivity index (χ3n) is 7.26. The number of benzene rings is 2. The van der Waals surface area contributed by atoms with E-state index in [0.29, 0.717) is 18.7 Å². The summed E-state index contributed by atoms with van der Waals surface area (Å²) in [4.78, 5) is 43.1. The molecule has 0 bridgehead atoms. The molecule has 0 aromatic heterocycles. The quantitative estimate of drug-likeness (QED) is 0.230. The largest absolute Gasteiger partial charge is 0.444 e. The molecule has 0 fully saturated rings. The summed E-state index contributed by atoms with van der Waals surface area (Å²) in [6, 6.07) is 13.6. The molecule has 3 atom stereocenters. The molecule has 0 aliphatic heterocycles. The van der Waals surface area contributed by atoms with Crippen molar-refractivity contribution in [3.63, 3.8) is 0 Å². The lowest BCUT2D eigenvalue weighted by atomic mass is 9.95. The third-order valence-corrected chi connectivity index (χ3v) is 7.26. The highest BCUT2D eigenvalue weighted by atomic mass is 16.6. The van der Waals surface area contributed by atoms with Gasteiger partial charge in [0.2, 0.25) is 5.91 Å². The number of unbranched alkanes of at least 4 members (excludes halogenated alkanes) is 4. The number of amides is 3. The van der Waals surface area contributed by atoms with Crippen LogP contribution in [-0.2, 0) is 14.3 Å². The zero-order valence-corrected chi connectivity index (χ0v) is 26.4. The minimum atomic E-state index is -0.875. The van der Waals surface area contributed by atoms with Gasteiger partial charge in [-0.15, -0.1) is 0 Å². The number of ether oxygens (including phenoxy) is 1. The first-order chi connectivity index (χ1) is 19.4. The lowest BCUT2D eigenvalue weighted by Crippen LogP contribution is -2.55. The molecule has 3 amide bonds. The summed E-state index contributed by atoms with van der Waals surface area (Å²) in [7, 11) is 0. The van der Waals surface area contributed by atoms with Crippen molar-refractivity contribution in [1.82, 2.24) is 10.2 Å². The molecule has 226 valence electrons. The van der Waals surface area contributed by atoms with E-state index in [-0.39, 0.29) is 17.7 Å². The number of carbonyl (C=O) groups excluding carboxylic acids is 3. The van der Waals surface area contributed by atoms with Gasteiger partial charge in [-0.2, -0.15) is 0 Å². The number of nitrogens with one attached hydrogen (secondary N) is 2. The SMILES string of the molecule is CCCCCCCN(C(=O)C(NC(=O)OC(C)(C)C)C(C)CC)C(C(=O)Nc1ccccc1C)c1cccc(C)c1. The number of para-hydroxylation sites is 1. The maximum absolute atomic E-state index is 14.5. The number of aryl methyl sites for hydroxylation is 2. The summed E-state index contributed by atoms with van der Waals surface area (Å²) in [5, 5.41) is 5.93. The van der Waals surface area contributed by atoms with Crippen LogP contribution in [-0.4, -0.2) is 41.0 Å². The normalized spacial score (nSPS) is 13.6. The molecule has 0 saturated heterocycles. The summed E-state index contributed by atoms with van der Waals surface area (Å²) in [5.74, 6) is -0.741. The van der Waals surface area contributed by atoms with Crippen molar-refractivity contribution in [2.45, 2.75) is 112 Å². The van der Waals surface area contributed by atoms with Gasteiger partial charge in [-0.05, 0) is 64.2 Å². The van der Waals surface area contributed by atoms with Gasteiger partial charge in [0, 0.05) is 12.2 Å². The number of hydrogen-bond acceptors (Lipinski definition) is 4. The molecular formula is C34H51N3O4. The summed E-state index contributed by atoms with van der Waals surface area (Å²) in [6.45, 7) is 15.8. The van der Waals surface area contributed by atoms with Crippen molar-refractivity contribution < 1.29 is 19.1 Å². The van der Waals surface area contributed by atoms with Crippen LogP contribution >= 0.6 is 0 Å². The fourth-order valence-electron chi connectivity index (χ4n) is 4.78. The summed E-state index contributed by atoms with van der Waals surface area (Å²) in [6.07, 6.45) is 5.03. The molecule has 2 N–H and O–H groups in total. The van der Waals surface area contributed by atoms with E-state index in [2.05, 4.69) is 17.6 Å². The van der Waals surface area contributed by atoms with Crippen LogP contribution < -0.4 is 10.6 Å². The van der Waals surface area contributed by atoms with E-state index in [9.17, 15) is 14.4 Å². The van der Waals surface area contributed by atoms with Gasteiger partial charge in [-0.25, -0.2) is 4.79 Å². The van der Waals surface area contributed by atoms with E-state index >= 15 is 0 Å². The van der Waals surface area contributed by atoms with Crippen molar-refractivity contribution in [3.05, 3.63) is 65.2 Å². The monoisotopic (exact) mass is 565 g/mol. The van der Waals surface area contributed by atoms with Gasteiger partial charge in [0.1, 0.15) is 17.7 Å². The van der Waals surface area contributed by atoms with Gasteiger partial charge in [0.05, 0.1) is 0 Å². The second kappa shape index (κ2) is 16.2. The van der Waals surface area contributed by atoms with Gasteiger partial charge in [-0.1, -0.05) is 101 Å². The van der Waals surface area contributed by atoms with Crippen molar-refractivity contribution in [2.75, 3.05) is 11.9 Å². The van der Waals surface area contributed by atoms with E-state index in [1.54, 1.807) is 25.7 Å². The van der Waals surface area contributed by atoms with E-state index in [1.165, 1.54) is 0 Å². The van der Waals surface area contributed by atoms with Crippen LogP contribution in [0.3, 0.4) is 0 Å². The van der Waals surface area contributed by atoms with E-state index in [4.69, 9.17) is 4.74 Å². The molecule has 0 spiro atoms. The molecule has 0 aliphatic carbocycles. The maximum atomic E-state index is 14.5. The molecule has 7 heteroatoms. The van der Waals surface area contributed by atoms with Crippen molar-refractivity contribution >= 4 is 23.6 Å². The summed E-state index contributed by atoms with van der Waals surface area (Å²) < 4.78 is 5.52. The van der Waals surface area contributed by atoms with E-state index in [1.807, 2.05) is 76.2 Å². The molecule has 0 saturated carbocycles. The van der Waals surface area contributed by atoms with Crippen LogP contribution in [0, 0.1) is 19.8 Å². The highest BCUT2D eigenvalue weighted by Crippen LogP contribution is 2.28. The van der Waals surface area contributed by atoms with Gasteiger partial charge in [0.25, 0.3) is 5.91 Å². The second-order valence-corrected chi connectivity index (χ2v) is 12.1. The van der Waals surface area contributed by atoms with Crippen LogP contribution in [0.25, 0.3) is 0 Å². The molecule has 2 aromatic carbocycles. The number of nitrogens with zero attached hydrogens (tertiary/aromatic N) is 1. The Balaban J connectivity index is 2.55. The highest BCUT2D eigenvalue weighted by Gasteiger charge is 2.38. The first-order valence-corrected chi connectivity index (χ1v) is 15.1. The average molecular weight is 566 g/mol. The van der Waals surface area contributed by atoms with Gasteiger partial charge < -0.3 is 20.3 Å². The minimum absolute atomic E-state index is 0.171. The molecular weight excluding hydrogens is 514 g/mol. The van der Waals surface area contributed by atoms with Crippen molar-refractivity contribution in [2.24, 2.45) is 5.92 Å². The van der Waals surface area contributed by atoms with E-state index < -0.39 is 23.8 Å². The Kier molecular flexibility index (Phi) is 13.4. The lowest BCUT2D eigenvalue weighted by Gasteiger charge is -2.36. The Labute approximate surface area is 247 Å². The summed E-state index contributed by atoms with van der Waals surface area (Å²) in [5.41, 5.74) is 2.67. The third kappa shape index (κ3) is 10.9. The first-order valence-electron chi connectivity index (χ1n) is 15.1. The Morgan fingerprint density at radius 3 is 2.22 bits per heavy atom. The van der Waals surface area contributed by atoms with Crippen LogP contribution in [0.1, 0.15) is 103 Å². The zero-order valence-electron chi connectivity index (χ0n) is 26.4. The van der Waals surface area contributed by atoms with Gasteiger partial charge in [0.15, 0.2) is 0 Å². The Bertz CT molecular complexity index is 1140. The highest BCUT2D eigenvalue weighted by molar-refractivity contribution is 5.99. The number of hydrogen-bond donors (Lipinski definition) is 2. The number of anilines is 1. The standard InChI is InChI=1S/C34H51N3O4/c1-9-11-12-13-16-22-37(32(39)29(25(4)10-2)36-33(40)41-34(6,7)8)30(27-20-17-18-24(3)23-27)31(38)35-28-21-15-14-19-26(28)5/h14-15,17-21,23,25,29-30H,9-13,16,22H2,1-8H3,(H,35,38)(H,36,40). The predicted octanol–water partition coefficient (Wildman–Crippen LogP) is 7.72. The Morgan fingerprint density at radius 1 is 0.927 bits per heavy atom. The Hall–Kier alpha value is -3.35. The van der Waals surface area contributed by atoms with Crippen LogP contribution in [0.4, 0.5) is 10.5 Å². The molecule has 0 radical (unpaired) electrons.